The normalized spacial score (nSPS) is 19.9. The number of hydrogen-bond acceptors (Lipinski definition) is 0. The molecule has 0 amide bonds. The Bertz CT molecular complexity index is 152. The first-order valence-corrected chi connectivity index (χ1v) is 4.14. The molecule has 0 radical (unpaired) electrons. The van der Waals surface area contributed by atoms with Crippen molar-refractivity contribution in [2.24, 2.45) is 5.92 Å². The molecular weight excluding hydrogens is 190 g/mol. The van der Waals surface area contributed by atoms with Gasteiger partial charge >= 0.3 is 0 Å². The summed E-state index contributed by atoms with van der Waals surface area (Å²) in [6, 6.07) is 0. The number of halogens is 3. The Morgan fingerprint density at radius 1 is 1.10 bits per heavy atom. The first kappa shape index (κ1) is 8.45. The monoisotopic (exact) mass is 196 g/mol. The number of hydrogen-bond donors (Lipinski definition) is 0. The van der Waals surface area contributed by atoms with Crippen molar-refractivity contribution >= 4 is 34.8 Å². The van der Waals surface area contributed by atoms with Crippen molar-refractivity contribution in [3.63, 3.8) is 0 Å². The minimum atomic E-state index is -1.19. The lowest BCUT2D eigenvalue weighted by molar-refractivity contribution is 0.824. The van der Waals surface area contributed by atoms with Gasteiger partial charge in [-0.15, -0.1) is 0 Å². The van der Waals surface area contributed by atoms with Crippen LogP contribution in [-0.4, -0.2) is 3.79 Å². The van der Waals surface area contributed by atoms with Gasteiger partial charge in [-0.05, 0) is 6.42 Å². The fraction of sp³-hybridized carbons (Fsp3) is 0.429. The number of alkyl halides is 3. The van der Waals surface area contributed by atoms with Gasteiger partial charge in [-0.3, -0.25) is 0 Å². The third-order valence-corrected chi connectivity index (χ3v) is 2.09. The molecule has 0 unspecified atom stereocenters. The van der Waals surface area contributed by atoms with E-state index in [1.165, 1.54) is 0 Å². The van der Waals surface area contributed by atoms with Crippen molar-refractivity contribution in [3.05, 3.63) is 24.3 Å². The summed E-state index contributed by atoms with van der Waals surface area (Å²) in [6.45, 7) is 0. The van der Waals surface area contributed by atoms with Crippen LogP contribution in [-0.2, 0) is 0 Å². The molecule has 0 aromatic rings. The highest BCUT2D eigenvalue weighted by Gasteiger charge is 2.28. The van der Waals surface area contributed by atoms with E-state index in [0.29, 0.717) is 0 Å². The van der Waals surface area contributed by atoms with E-state index in [2.05, 4.69) is 0 Å². The average molecular weight is 197 g/mol. The van der Waals surface area contributed by atoms with Gasteiger partial charge in [-0.25, -0.2) is 0 Å². The van der Waals surface area contributed by atoms with E-state index in [-0.39, 0.29) is 5.92 Å². The van der Waals surface area contributed by atoms with Crippen LogP contribution >= 0.6 is 34.8 Å². The van der Waals surface area contributed by atoms with Crippen LogP contribution in [0.15, 0.2) is 24.3 Å². The van der Waals surface area contributed by atoms with Crippen molar-refractivity contribution in [3.8, 4) is 0 Å². The number of allylic oxidation sites excluding steroid dienone is 4. The van der Waals surface area contributed by atoms with Gasteiger partial charge in [0.25, 0.3) is 0 Å². The first-order chi connectivity index (χ1) is 4.61. The minimum absolute atomic E-state index is 0.0637. The van der Waals surface area contributed by atoms with E-state index in [4.69, 9.17) is 34.8 Å². The van der Waals surface area contributed by atoms with Crippen molar-refractivity contribution in [1.29, 1.82) is 0 Å². The zero-order valence-electron chi connectivity index (χ0n) is 5.23. The van der Waals surface area contributed by atoms with E-state index in [1.807, 2.05) is 24.3 Å². The highest BCUT2D eigenvalue weighted by atomic mass is 35.6. The summed E-state index contributed by atoms with van der Waals surface area (Å²) < 4.78 is -1.19. The largest absolute Gasteiger partial charge is 0.200 e. The van der Waals surface area contributed by atoms with Crippen LogP contribution in [0.1, 0.15) is 6.42 Å². The molecule has 0 aromatic carbocycles. The van der Waals surface area contributed by atoms with E-state index in [9.17, 15) is 0 Å². The fourth-order valence-electron chi connectivity index (χ4n) is 0.811. The smallest absolute Gasteiger partial charge is 0.0840 e. The molecule has 0 nitrogen and oxygen atoms in total. The lowest BCUT2D eigenvalue weighted by Gasteiger charge is -2.18. The molecule has 3 heteroatoms. The van der Waals surface area contributed by atoms with Gasteiger partial charge in [-0.2, -0.15) is 0 Å². The summed E-state index contributed by atoms with van der Waals surface area (Å²) in [7, 11) is 0. The lowest BCUT2D eigenvalue weighted by Crippen LogP contribution is -2.15. The molecule has 0 bridgehead atoms. The second-order valence-electron chi connectivity index (χ2n) is 2.16. The van der Waals surface area contributed by atoms with Crippen LogP contribution in [0.5, 0.6) is 0 Å². The Morgan fingerprint density at radius 3 is 1.90 bits per heavy atom. The molecule has 1 aliphatic rings. The van der Waals surface area contributed by atoms with Gasteiger partial charge in [0, 0.05) is 5.92 Å². The molecule has 0 N–H and O–H groups in total. The van der Waals surface area contributed by atoms with Gasteiger partial charge in [0.2, 0.25) is 0 Å². The van der Waals surface area contributed by atoms with Gasteiger partial charge in [0.1, 0.15) is 0 Å². The quantitative estimate of drug-likeness (QED) is 0.412. The molecule has 0 heterocycles. The fourth-order valence-corrected chi connectivity index (χ4v) is 1.25. The summed E-state index contributed by atoms with van der Waals surface area (Å²) in [4.78, 5) is 0. The van der Waals surface area contributed by atoms with Crippen LogP contribution < -0.4 is 0 Å². The summed E-state index contributed by atoms with van der Waals surface area (Å²) in [6.07, 6.45) is 8.75. The zero-order chi connectivity index (χ0) is 7.61. The third-order valence-electron chi connectivity index (χ3n) is 1.34. The Kier molecular flexibility index (Phi) is 2.67. The predicted octanol–water partition coefficient (Wildman–Crippen LogP) is 3.49. The molecule has 56 valence electrons. The summed E-state index contributed by atoms with van der Waals surface area (Å²) in [5.74, 6) is -0.0637. The van der Waals surface area contributed by atoms with Crippen LogP contribution in [0, 0.1) is 5.92 Å². The molecule has 0 fully saturated rings. The van der Waals surface area contributed by atoms with Crippen molar-refractivity contribution < 1.29 is 0 Å². The third kappa shape index (κ3) is 2.19. The first-order valence-electron chi connectivity index (χ1n) is 3.01. The summed E-state index contributed by atoms with van der Waals surface area (Å²) >= 11 is 16.9. The Labute approximate surface area is 75.5 Å². The topological polar surface area (TPSA) is 0 Å². The van der Waals surface area contributed by atoms with Crippen molar-refractivity contribution in [2.75, 3.05) is 0 Å². The lowest BCUT2D eigenvalue weighted by atomic mass is 10.1. The maximum atomic E-state index is 5.64. The molecule has 10 heavy (non-hydrogen) atoms. The Morgan fingerprint density at radius 2 is 1.60 bits per heavy atom. The Balaban J connectivity index is 2.64. The molecule has 0 aliphatic heterocycles. The second kappa shape index (κ2) is 3.17. The van der Waals surface area contributed by atoms with Crippen LogP contribution in [0.3, 0.4) is 0 Å². The van der Waals surface area contributed by atoms with Gasteiger partial charge in [-0.1, -0.05) is 59.1 Å². The van der Waals surface area contributed by atoms with Crippen molar-refractivity contribution in [2.45, 2.75) is 10.2 Å². The van der Waals surface area contributed by atoms with Crippen LogP contribution in [0.2, 0.25) is 0 Å². The van der Waals surface area contributed by atoms with Gasteiger partial charge < -0.3 is 0 Å². The standard InChI is InChI=1S/C7H7Cl3/c8-7(9,10)6-4-2-1-3-5-6/h2-6H,1H2. The molecule has 0 saturated heterocycles. The van der Waals surface area contributed by atoms with E-state index >= 15 is 0 Å². The van der Waals surface area contributed by atoms with Gasteiger partial charge in [0.05, 0.1) is 0 Å². The average Bonchev–Trinajstić information content (AvgIpc) is 1.88. The van der Waals surface area contributed by atoms with Gasteiger partial charge in [0.15, 0.2) is 3.79 Å². The molecule has 0 atom stereocenters. The zero-order valence-corrected chi connectivity index (χ0v) is 7.50. The number of rotatable bonds is 0. The van der Waals surface area contributed by atoms with Crippen molar-refractivity contribution in [1.82, 2.24) is 0 Å². The Hall–Kier alpha value is 0.350. The summed E-state index contributed by atoms with van der Waals surface area (Å²) in [5.41, 5.74) is 0. The summed E-state index contributed by atoms with van der Waals surface area (Å²) in [5, 5.41) is 0. The maximum Gasteiger partial charge on any atom is 0.200 e. The molecular formula is C7H7Cl3. The minimum Gasteiger partial charge on any atom is -0.0840 e. The molecule has 1 rings (SSSR count). The molecule has 0 saturated carbocycles. The second-order valence-corrected chi connectivity index (χ2v) is 4.53. The molecule has 0 spiro atoms. The highest BCUT2D eigenvalue weighted by molar-refractivity contribution is 6.67. The van der Waals surface area contributed by atoms with Crippen LogP contribution in [0.25, 0.3) is 0 Å². The predicted molar refractivity (Wildman–Crippen MR) is 46.7 cm³/mol. The van der Waals surface area contributed by atoms with Crippen LogP contribution in [0.4, 0.5) is 0 Å². The SMILES string of the molecule is ClC(Cl)(Cl)C1C=CCC=C1. The maximum absolute atomic E-state index is 5.64. The molecule has 1 aliphatic carbocycles. The van der Waals surface area contributed by atoms with E-state index in [1.54, 1.807) is 0 Å². The van der Waals surface area contributed by atoms with E-state index in [0.717, 1.165) is 6.42 Å². The highest BCUT2D eigenvalue weighted by Crippen LogP contribution is 2.37. The molecule has 0 aromatic heterocycles. The van der Waals surface area contributed by atoms with E-state index < -0.39 is 3.79 Å².